The van der Waals surface area contributed by atoms with Crippen molar-refractivity contribution in [2.75, 3.05) is 5.32 Å². The number of nitrogens with zero attached hydrogens (tertiary/aromatic N) is 2. The van der Waals surface area contributed by atoms with Crippen LogP contribution in [0.4, 0.5) is 5.69 Å². The smallest absolute Gasteiger partial charge is 0.259 e. The summed E-state index contributed by atoms with van der Waals surface area (Å²) in [5, 5.41) is 3.37. The van der Waals surface area contributed by atoms with Crippen molar-refractivity contribution in [3.05, 3.63) is 71.8 Å². The van der Waals surface area contributed by atoms with Crippen molar-refractivity contribution in [2.45, 2.75) is 20.0 Å². The number of hydrogen-bond acceptors (Lipinski definition) is 3. The number of carbonyl (C=O) groups is 1. The van der Waals surface area contributed by atoms with Crippen LogP contribution in [0.1, 0.15) is 24.2 Å². The number of para-hydroxylation sites is 1. The zero-order valence-electron chi connectivity index (χ0n) is 13.9. The van der Waals surface area contributed by atoms with Gasteiger partial charge in [-0.25, -0.2) is 4.98 Å². The summed E-state index contributed by atoms with van der Waals surface area (Å²) in [4.78, 5) is 16.6. The first-order valence-corrected chi connectivity index (χ1v) is 8.27. The molecule has 0 aliphatic rings. The molecule has 2 aromatic carbocycles. The molecule has 0 aliphatic heterocycles. The molecule has 1 N–H and O–H groups in total. The Hall–Kier alpha value is -2.79. The second kappa shape index (κ2) is 7.40. The van der Waals surface area contributed by atoms with E-state index in [0.29, 0.717) is 22.0 Å². The number of hydrogen-bond donors (Lipinski definition) is 1. The fourth-order valence-corrected chi connectivity index (χ4v) is 2.68. The summed E-state index contributed by atoms with van der Waals surface area (Å²) in [5.74, 6) is 0.304. The molecule has 3 aromatic rings. The highest BCUT2D eigenvalue weighted by molar-refractivity contribution is 6.32. The summed E-state index contributed by atoms with van der Waals surface area (Å²) in [6, 6.07) is 12.5. The van der Waals surface area contributed by atoms with Gasteiger partial charge < -0.3 is 14.6 Å². The minimum Gasteiger partial charge on any atom is -0.490 e. The van der Waals surface area contributed by atoms with E-state index in [1.54, 1.807) is 53.6 Å². The lowest BCUT2D eigenvalue weighted by Crippen LogP contribution is -2.15. The van der Waals surface area contributed by atoms with Gasteiger partial charge in [0.15, 0.2) is 0 Å². The van der Waals surface area contributed by atoms with Gasteiger partial charge in [-0.2, -0.15) is 0 Å². The monoisotopic (exact) mass is 355 g/mol. The van der Waals surface area contributed by atoms with Crippen LogP contribution in [0, 0.1) is 0 Å². The SMILES string of the molecule is CC(C)Oc1ccccc1C(=O)Nc1ccc(-n2ccnc2)c(Cl)c1. The molecule has 0 unspecified atom stereocenters. The predicted molar refractivity (Wildman–Crippen MR) is 98.7 cm³/mol. The number of nitrogens with one attached hydrogen (secondary N) is 1. The Morgan fingerprint density at radius 3 is 2.72 bits per heavy atom. The Balaban J connectivity index is 1.81. The summed E-state index contributed by atoms with van der Waals surface area (Å²) in [5.41, 5.74) is 1.88. The zero-order chi connectivity index (χ0) is 17.8. The molecule has 0 radical (unpaired) electrons. The number of anilines is 1. The summed E-state index contributed by atoms with van der Waals surface area (Å²) >= 11 is 6.33. The number of imidazole rings is 1. The molecule has 0 atom stereocenters. The molecule has 1 amide bonds. The van der Waals surface area contributed by atoms with Crippen molar-refractivity contribution in [1.82, 2.24) is 9.55 Å². The molecular formula is C19H18ClN3O2. The summed E-state index contributed by atoms with van der Waals surface area (Å²) in [6.07, 6.45) is 5.13. The lowest BCUT2D eigenvalue weighted by molar-refractivity contribution is 0.102. The largest absolute Gasteiger partial charge is 0.490 e. The minimum absolute atomic E-state index is 0.0159. The molecule has 0 spiro atoms. The van der Waals surface area contributed by atoms with Crippen LogP contribution in [0.15, 0.2) is 61.2 Å². The number of amides is 1. The number of carbonyl (C=O) groups excluding carboxylic acids is 1. The van der Waals surface area contributed by atoms with Crippen molar-refractivity contribution in [2.24, 2.45) is 0 Å². The van der Waals surface area contributed by atoms with Gasteiger partial charge in [0, 0.05) is 18.1 Å². The Labute approximate surface area is 151 Å². The van der Waals surface area contributed by atoms with Crippen molar-refractivity contribution >= 4 is 23.2 Å². The van der Waals surface area contributed by atoms with Gasteiger partial charge in [0.05, 0.1) is 28.7 Å². The summed E-state index contributed by atoms with van der Waals surface area (Å²) in [6.45, 7) is 3.84. The Bertz CT molecular complexity index is 876. The van der Waals surface area contributed by atoms with Gasteiger partial charge in [0.1, 0.15) is 5.75 Å². The van der Waals surface area contributed by atoms with Crippen molar-refractivity contribution in [3.63, 3.8) is 0 Å². The van der Waals surface area contributed by atoms with Crippen LogP contribution in [0.25, 0.3) is 5.69 Å². The van der Waals surface area contributed by atoms with Crippen LogP contribution in [-0.4, -0.2) is 21.6 Å². The molecule has 128 valence electrons. The van der Waals surface area contributed by atoms with Crippen molar-refractivity contribution in [3.8, 4) is 11.4 Å². The van der Waals surface area contributed by atoms with E-state index in [0.717, 1.165) is 5.69 Å². The Kier molecular flexibility index (Phi) is 5.05. The maximum Gasteiger partial charge on any atom is 0.259 e. The van der Waals surface area contributed by atoms with Crippen LogP contribution in [0.3, 0.4) is 0 Å². The van der Waals surface area contributed by atoms with Crippen LogP contribution < -0.4 is 10.1 Å². The average molecular weight is 356 g/mol. The molecule has 6 heteroatoms. The number of rotatable bonds is 5. The fourth-order valence-electron chi connectivity index (χ4n) is 2.41. The maximum absolute atomic E-state index is 12.6. The van der Waals surface area contributed by atoms with E-state index >= 15 is 0 Å². The minimum atomic E-state index is -0.248. The highest BCUT2D eigenvalue weighted by Crippen LogP contribution is 2.26. The first kappa shape index (κ1) is 17.0. The fraction of sp³-hybridized carbons (Fsp3) is 0.158. The molecular weight excluding hydrogens is 338 g/mol. The molecule has 25 heavy (non-hydrogen) atoms. The van der Waals surface area contributed by atoms with E-state index in [-0.39, 0.29) is 12.0 Å². The zero-order valence-corrected chi connectivity index (χ0v) is 14.7. The Morgan fingerprint density at radius 2 is 2.04 bits per heavy atom. The van der Waals surface area contributed by atoms with Crippen LogP contribution in [-0.2, 0) is 0 Å². The van der Waals surface area contributed by atoms with Crippen molar-refractivity contribution < 1.29 is 9.53 Å². The highest BCUT2D eigenvalue weighted by atomic mass is 35.5. The summed E-state index contributed by atoms with van der Waals surface area (Å²) < 4.78 is 7.50. The van der Waals surface area contributed by atoms with Gasteiger partial charge >= 0.3 is 0 Å². The summed E-state index contributed by atoms with van der Waals surface area (Å²) in [7, 11) is 0. The molecule has 0 saturated carbocycles. The lowest BCUT2D eigenvalue weighted by Gasteiger charge is -2.14. The highest BCUT2D eigenvalue weighted by Gasteiger charge is 2.14. The van der Waals surface area contributed by atoms with Crippen LogP contribution in [0.5, 0.6) is 5.75 Å². The van der Waals surface area contributed by atoms with Crippen LogP contribution in [0.2, 0.25) is 5.02 Å². The van der Waals surface area contributed by atoms with Crippen molar-refractivity contribution in [1.29, 1.82) is 0 Å². The van der Waals surface area contributed by atoms with Gasteiger partial charge in [-0.05, 0) is 44.2 Å². The topological polar surface area (TPSA) is 56.1 Å². The van der Waals surface area contributed by atoms with E-state index in [2.05, 4.69) is 10.3 Å². The standard InChI is InChI=1S/C19H18ClN3O2/c1-13(2)25-18-6-4-3-5-15(18)19(24)22-14-7-8-17(16(20)11-14)23-10-9-21-12-23/h3-13H,1-2H3,(H,22,24). The molecule has 0 bridgehead atoms. The van der Waals surface area contributed by atoms with E-state index < -0.39 is 0 Å². The number of benzene rings is 2. The first-order chi connectivity index (χ1) is 12.0. The third-order valence-corrected chi connectivity index (χ3v) is 3.79. The maximum atomic E-state index is 12.6. The van der Waals surface area contributed by atoms with Gasteiger partial charge in [0.25, 0.3) is 5.91 Å². The molecule has 5 nitrogen and oxygen atoms in total. The molecule has 0 saturated heterocycles. The van der Waals surface area contributed by atoms with Gasteiger partial charge in [0.2, 0.25) is 0 Å². The number of aromatic nitrogens is 2. The first-order valence-electron chi connectivity index (χ1n) is 7.89. The second-order valence-electron chi connectivity index (χ2n) is 5.75. The van der Waals surface area contributed by atoms with E-state index in [4.69, 9.17) is 16.3 Å². The van der Waals surface area contributed by atoms with Gasteiger partial charge in [-0.15, -0.1) is 0 Å². The Morgan fingerprint density at radius 1 is 1.24 bits per heavy atom. The predicted octanol–water partition coefficient (Wildman–Crippen LogP) is 4.57. The quantitative estimate of drug-likeness (QED) is 0.729. The molecule has 1 aromatic heterocycles. The number of ether oxygens (including phenoxy) is 1. The lowest BCUT2D eigenvalue weighted by atomic mass is 10.1. The molecule has 0 aliphatic carbocycles. The average Bonchev–Trinajstić information content (AvgIpc) is 3.09. The third-order valence-electron chi connectivity index (χ3n) is 3.48. The third kappa shape index (κ3) is 4.00. The van der Waals surface area contributed by atoms with Gasteiger partial charge in [-0.1, -0.05) is 23.7 Å². The van der Waals surface area contributed by atoms with E-state index in [1.165, 1.54) is 0 Å². The van der Waals surface area contributed by atoms with E-state index in [1.807, 2.05) is 26.0 Å². The van der Waals surface area contributed by atoms with Crippen LogP contribution >= 0.6 is 11.6 Å². The molecule has 3 rings (SSSR count). The number of halogens is 1. The normalized spacial score (nSPS) is 10.7. The van der Waals surface area contributed by atoms with Gasteiger partial charge in [-0.3, -0.25) is 4.79 Å². The molecule has 0 fully saturated rings. The molecule has 1 heterocycles. The second-order valence-corrected chi connectivity index (χ2v) is 6.16. The van der Waals surface area contributed by atoms with E-state index in [9.17, 15) is 4.79 Å².